The molecule has 1 atom stereocenters. The van der Waals surface area contributed by atoms with Crippen LogP contribution in [0.15, 0.2) is 12.2 Å². The maximum absolute atomic E-state index is 8.52. The molecule has 1 unspecified atom stereocenters. The Hall–Kier alpha value is -0.340. The topological polar surface area (TPSA) is 29.5 Å². The summed E-state index contributed by atoms with van der Waals surface area (Å²) in [6, 6.07) is 0. The average molecular weight is 156 g/mol. The van der Waals surface area contributed by atoms with Crippen molar-refractivity contribution in [1.29, 1.82) is 0 Å². The third-order valence-corrected chi connectivity index (χ3v) is 2.30. The molecule has 0 aromatic rings. The molecule has 0 aromatic heterocycles. The van der Waals surface area contributed by atoms with Crippen LogP contribution < -0.4 is 0 Å². The summed E-state index contributed by atoms with van der Waals surface area (Å²) in [5.41, 5.74) is 1.05. The lowest BCUT2D eigenvalue weighted by atomic mass is 9.95. The van der Waals surface area contributed by atoms with Gasteiger partial charge in [-0.25, -0.2) is 4.89 Å². The second-order valence-electron chi connectivity index (χ2n) is 3.21. The van der Waals surface area contributed by atoms with Crippen LogP contribution in [-0.2, 0) is 4.89 Å². The van der Waals surface area contributed by atoms with Crippen LogP contribution in [-0.4, -0.2) is 11.4 Å². The summed E-state index contributed by atoms with van der Waals surface area (Å²) < 4.78 is 0. The Bertz CT molecular complexity index is 132. The highest BCUT2D eigenvalue weighted by atomic mass is 17.1. The Morgan fingerprint density at radius 1 is 1.27 bits per heavy atom. The minimum atomic E-state index is -0.102. The summed E-state index contributed by atoms with van der Waals surface area (Å²) in [7, 11) is 0. The summed E-state index contributed by atoms with van der Waals surface area (Å²) in [5.74, 6) is 0. The maximum Gasteiger partial charge on any atom is 0.113 e. The van der Waals surface area contributed by atoms with Gasteiger partial charge in [0.2, 0.25) is 0 Å². The van der Waals surface area contributed by atoms with Crippen molar-refractivity contribution in [1.82, 2.24) is 0 Å². The molecule has 1 saturated carbocycles. The van der Waals surface area contributed by atoms with Gasteiger partial charge in [0, 0.05) is 0 Å². The number of rotatable bonds is 1. The zero-order chi connectivity index (χ0) is 8.10. The van der Waals surface area contributed by atoms with E-state index in [9.17, 15) is 0 Å². The fourth-order valence-corrected chi connectivity index (χ4v) is 1.53. The van der Waals surface area contributed by atoms with E-state index in [0.717, 1.165) is 24.8 Å². The van der Waals surface area contributed by atoms with E-state index in [4.69, 9.17) is 5.26 Å². The molecule has 0 heterocycles. The van der Waals surface area contributed by atoms with Crippen LogP contribution in [0.1, 0.15) is 38.5 Å². The van der Waals surface area contributed by atoms with Gasteiger partial charge < -0.3 is 0 Å². The molecule has 1 fully saturated rings. The van der Waals surface area contributed by atoms with E-state index in [0.29, 0.717) is 0 Å². The Morgan fingerprint density at radius 3 is 2.73 bits per heavy atom. The second kappa shape index (κ2) is 4.52. The van der Waals surface area contributed by atoms with Crippen molar-refractivity contribution < 1.29 is 10.1 Å². The predicted octanol–water partition coefficient (Wildman–Crippen LogP) is 2.75. The lowest BCUT2D eigenvalue weighted by molar-refractivity contribution is -0.270. The standard InChI is InChI=1S/C9H16O2/c1-8-6-4-2-3-5-7-9(8)11-10/h9-10H,1-7H2. The first-order chi connectivity index (χ1) is 5.34. The molecule has 0 radical (unpaired) electrons. The van der Waals surface area contributed by atoms with Crippen LogP contribution in [0.3, 0.4) is 0 Å². The van der Waals surface area contributed by atoms with Crippen LogP contribution in [0.25, 0.3) is 0 Å². The van der Waals surface area contributed by atoms with Gasteiger partial charge in [0.1, 0.15) is 6.10 Å². The highest BCUT2D eigenvalue weighted by molar-refractivity contribution is 5.02. The zero-order valence-corrected chi connectivity index (χ0v) is 6.88. The van der Waals surface area contributed by atoms with E-state index in [1.54, 1.807) is 0 Å². The van der Waals surface area contributed by atoms with Gasteiger partial charge in [-0.05, 0) is 24.8 Å². The van der Waals surface area contributed by atoms with E-state index in [2.05, 4.69) is 11.5 Å². The predicted molar refractivity (Wildman–Crippen MR) is 44.3 cm³/mol. The SMILES string of the molecule is C=C1CCCCCCC1OO. The summed E-state index contributed by atoms with van der Waals surface area (Å²) in [6.45, 7) is 3.88. The molecule has 11 heavy (non-hydrogen) atoms. The fraction of sp³-hybridized carbons (Fsp3) is 0.778. The molecule has 0 aromatic carbocycles. The van der Waals surface area contributed by atoms with Gasteiger partial charge in [-0.1, -0.05) is 25.8 Å². The fourth-order valence-electron chi connectivity index (χ4n) is 1.53. The molecule has 1 N–H and O–H groups in total. The zero-order valence-electron chi connectivity index (χ0n) is 6.88. The minimum Gasteiger partial charge on any atom is -0.251 e. The van der Waals surface area contributed by atoms with Gasteiger partial charge in [0.25, 0.3) is 0 Å². The van der Waals surface area contributed by atoms with E-state index in [1.807, 2.05) is 0 Å². The molecule has 2 heteroatoms. The smallest absolute Gasteiger partial charge is 0.113 e. The first-order valence-electron chi connectivity index (χ1n) is 4.32. The number of hydrogen-bond acceptors (Lipinski definition) is 2. The summed E-state index contributed by atoms with van der Waals surface area (Å²) in [5, 5.41) is 8.52. The van der Waals surface area contributed by atoms with Gasteiger partial charge in [-0.2, -0.15) is 0 Å². The minimum absolute atomic E-state index is 0.102. The Kier molecular flexibility index (Phi) is 3.60. The van der Waals surface area contributed by atoms with Gasteiger partial charge in [-0.3, -0.25) is 5.26 Å². The summed E-state index contributed by atoms with van der Waals surface area (Å²) in [4.78, 5) is 4.34. The van der Waals surface area contributed by atoms with Crippen LogP contribution in [0, 0.1) is 0 Å². The molecule has 64 valence electrons. The maximum atomic E-state index is 8.52. The third-order valence-electron chi connectivity index (χ3n) is 2.30. The van der Waals surface area contributed by atoms with Crippen molar-refractivity contribution in [3.63, 3.8) is 0 Å². The quantitative estimate of drug-likeness (QED) is 0.359. The van der Waals surface area contributed by atoms with Gasteiger partial charge in [-0.15, -0.1) is 0 Å². The van der Waals surface area contributed by atoms with E-state index in [-0.39, 0.29) is 6.10 Å². The second-order valence-corrected chi connectivity index (χ2v) is 3.21. The Morgan fingerprint density at radius 2 is 2.00 bits per heavy atom. The molecule has 1 aliphatic rings. The molecule has 1 rings (SSSR count). The lowest BCUT2D eigenvalue weighted by Crippen LogP contribution is -2.14. The van der Waals surface area contributed by atoms with E-state index in [1.165, 1.54) is 19.3 Å². The van der Waals surface area contributed by atoms with Gasteiger partial charge in [0.05, 0.1) is 0 Å². The molecule has 1 aliphatic carbocycles. The molecular formula is C9H16O2. The summed E-state index contributed by atoms with van der Waals surface area (Å²) >= 11 is 0. The molecular weight excluding hydrogens is 140 g/mol. The first kappa shape index (κ1) is 8.75. The molecule has 2 nitrogen and oxygen atoms in total. The van der Waals surface area contributed by atoms with Gasteiger partial charge in [0.15, 0.2) is 0 Å². The van der Waals surface area contributed by atoms with E-state index >= 15 is 0 Å². The van der Waals surface area contributed by atoms with Crippen molar-refractivity contribution in [2.24, 2.45) is 0 Å². The molecule has 0 spiro atoms. The van der Waals surface area contributed by atoms with Crippen LogP contribution in [0.4, 0.5) is 0 Å². The molecule has 0 amide bonds. The van der Waals surface area contributed by atoms with Crippen molar-refractivity contribution in [3.8, 4) is 0 Å². The normalized spacial score (nSPS) is 27.7. The third kappa shape index (κ3) is 2.64. The Balaban J connectivity index is 2.39. The highest BCUT2D eigenvalue weighted by Gasteiger charge is 2.14. The van der Waals surface area contributed by atoms with Crippen LogP contribution >= 0.6 is 0 Å². The monoisotopic (exact) mass is 156 g/mol. The van der Waals surface area contributed by atoms with Crippen molar-refractivity contribution in [2.45, 2.75) is 44.6 Å². The van der Waals surface area contributed by atoms with E-state index < -0.39 is 0 Å². The highest BCUT2D eigenvalue weighted by Crippen LogP contribution is 2.22. The largest absolute Gasteiger partial charge is 0.251 e. The molecule has 0 bridgehead atoms. The summed E-state index contributed by atoms with van der Waals surface area (Å²) in [6.07, 6.45) is 6.71. The number of hydrogen-bond donors (Lipinski definition) is 1. The first-order valence-corrected chi connectivity index (χ1v) is 4.32. The van der Waals surface area contributed by atoms with Crippen molar-refractivity contribution in [3.05, 3.63) is 12.2 Å². The van der Waals surface area contributed by atoms with Crippen molar-refractivity contribution in [2.75, 3.05) is 0 Å². The van der Waals surface area contributed by atoms with Gasteiger partial charge >= 0.3 is 0 Å². The Labute approximate surface area is 67.8 Å². The molecule has 0 aliphatic heterocycles. The average Bonchev–Trinajstić information content (AvgIpc) is 1.98. The van der Waals surface area contributed by atoms with Crippen LogP contribution in [0.5, 0.6) is 0 Å². The molecule has 0 saturated heterocycles. The lowest BCUT2D eigenvalue weighted by Gasteiger charge is -2.18. The van der Waals surface area contributed by atoms with Crippen molar-refractivity contribution >= 4 is 0 Å². The van der Waals surface area contributed by atoms with Crippen LogP contribution in [0.2, 0.25) is 0 Å².